The molecule has 9 nitrogen and oxygen atoms in total. The number of hydrogen-bond donors (Lipinski definition) is 2. The molecular formula is C24H28N4O5. The first-order valence-corrected chi connectivity index (χ1v) is 10.8. The van der Waals surface area contributed by atoms with Crippen molar-refractivity contribution in [1.82, 2.24) is 10.9 Å². The van der Waals surface area contributed by atoms with Crippen molar-refractivity contribution < 1.29 is 23.9 Å². The largest absolute Gasteiger partial charge is 0.494 e. The van der Waals surface area contributed by atoms with Crippen LogP contribution in [0.15, 0.2) is 47.6 Å². The highest BCUT2D eigenvalue weighted by Gasteiger charge is 2.27. The van der Waals surface area contributed by atoms with Crippen LogP contribution in [0.2, 0.25) is 0 Å². The summed E-state index contributed by atoms with van der Waals surface area (Å²) in [6.45, 7) is 7.80. The Kier molecular flexibility index (Phi) is 7.66. The summed E-state index contributed by atoms with van der Waals surface area (Å²) in [5.41, 5.74) is 7.32. The second-order valence-corrected chi connectivity index (χ2v) is 7.65. The normalized spacial score (nSPS) is 14.2. The number of ether oxygens (including phenoxy) is 2. The molecule has 1 heterocycles. The molecule has 9 heteroatoms. The van der Waals surface area contributed by atoms with Crippen LogP contribution in [-0.4, -0.2) is 36.1 Å². The highest BCUT2D eigenvalue weighted by Crippen LogP contribution is 2.25. The quantitative estimate of drug-likeness (QED) is 0.628. The molecule has 0 aliphatic carbocycles. The maximum Gasteiger partial charge on any atom is 0.285 e. The Morgan fingerprint density at radius 3 is 2.45 bits per heavy atom. The molecule has 3 amide bonds. The summed E-state index contributed by atoms with van der Waals surface area (Å²) in [4.78, 5) is 37.3. The lowest BCUT2D eigenvalue weighted by Gasteiger charge is -2.25. The molecule has 33 heavy (non-hydrogen) atoms. The fraction of sp³-hybridized carbons (Fsp3) is 0.333. The van der Waals surface area contributed by atoms with E-state index in [2.05, 4.69) is 16.0 Å². The molecule has 1 unspecified atom stereocenters. The smallest absolute Gasteiger partial charge is 0.285 e. The van der Waals surface area contributed by atoms with Gasteiger partial charge in [0.25, 0.3) is 11.8 Å². The lowest BCUT2D eigenvalue weighted by Crippen LogP contribution is -2.50. The van der Waals surface area contributed by atoms with Gasteiger partial charge >= 0.3 is 0 Å². The fourth-order valence-corrected chi connectivity index (χ4v) is 3.18. The van der Waals surface area contributed by atoms with Crippen LogP contribution in [0, 0.1) is 13.8 Å². The molecule has 0 aromatic heterocycles. The van der Waals surface area contributed by atoms with Crippen LogP contribution in [0.1, 0.15) is 37.8 Å². The third kappa shape index (κ3) is 6.09. The van der Waals surface area contributed by atoms with Gasteiger partial charge in [-0.15, -0.1) is 0 Å². The SMILES string of the molecule is CCOc1ccc(OC(C)C(=O)NNC(=O)C2=NN(c3cc(C)ccc3C)C(=O)CC2)cc1. The van der Waals surface area contributed by atoms with E-state index in [1.807, 2.05) is 39.0 Å². The van der Waals surface area contributed by atoms with Gasteiger partial charge in [-0.25, -0.2) is 5.01 Å². The van der Waals surface area contributed by atoms with Gasteiger partial charge in [0.05, 0.1) is 12.3 Å². The molecule has 3 rings (SSSR count). The third-order valence-electron chi connectivity index (χ3n) is 5.00. The van der Waals surface area contributed by atoms with E-state index in [0.29, 0.717) is 23.8 Å². The number of hydrogen-bond acceptors (Lipinski definition) is 6. The topological polar surface area (TPSA) is 109 Å². The molecule has 2 aromatic carbocycles. The number of hydrazone groups is 1. The average Bonchev–Trinajstić information content (AvgIpc) is 2.80. The lowest BCUT2D eigenvalue weighted by atomic mass is 10.1. The molecule has 1 atom stereocenters. The molecule has 0 fully saturated rings. The van der Waals surface area contributed by atoms with Gasteiger partial charge in [0.2, 0.25) is 5.91 Å². The number of carbonyl (C=O) groups excluding carboxylic acids is 3. The highest BCUT2D eigenvalue weighted by atomic mass is 16.5. The number of hydrazine groups is 1. The monoisotopic (exact) mass is 452 g/mol. The van der Waals surface area contributed by atoms with E-state index in [4.69, 9.17) is 9.47 Å². The van der Waals surface area contributed by atoms with Crippen molar-refractivity contribution in [3.05, 3.63) is 53.6 Å². The average molecular weight is 453 g/mol. The number of nitrogens with zero attached hydrogens (tertiary/aromatic N) is 2. The second kappa shape index (κ2) is 10.6. The predicted octanol–water partition coefficient (Wildman–Crippen LogP) is 2.80. The Balaban J connectivity index is 1.59. The number of benzene rings is 2. The first-order valence-electron chi connectivity index (χ1n) is 10.8. The van der Waals surface area contributed by atoms with Crippen LogP contribution < -0.4 is 25.3 Å². The van der Waals surface area contributed by atoms with Crippen molar-refractivity contribution in [1.29, 1.82) is 0 Å². The molecule has 0 bridgehead atoms. The second-order valence-electron chi connectivity index (χ2n) is 7.65. The number of rotatable bonds is 7. The molecular weight excluding hydrogens is 424 g/mol. The van der Waals surface area contributed by atoms with E-state index in [9.17, 15) is 14.4 Å². The van der Waals surface area contributed by atoms with Crippen molar-refractivity contribution in [3.8, 4) is 11.5 Å². The highest BCUT2D eigenvalue weighted by molar-refractivity contribution is 6.40. The first kappa shape index (κ1) is 23.8. The number of amides is 3. The van der Waals surface area contributed by atoms with Crippen LogP contribution in [0.25, 0.3) is 0 Å². The van der Waals surface area contributed by atoms with Crippen molar-refractivity contribution >= 4 is 29.1 Å². The van der Waals surface area contributed by atoms with Gasteiger partial charge < -0.3 is 9.47 Å². The van der Waals surface area contributed by atoms with E-state index in [0.717, 1.165) is 11.1 Å². The van der Waals surface area contributed by atoms with Crippen LogP contribution in [0.4, 0.5) is 5.69 Å². The number of aryl methyl sites for hydroxylation is 2. The van der Waals surface area contributed by atoms with Crippen LogP contribution in [0.3, 0.4) is 0 Å². The summed E-state index contributed by atoms with van der Waals surface area (Å²) in [5.74, 6) is -0.111. The predicted molar refractivity (Wildman–Crippen MR) is 124 cm³/mol. The third-order valence-corrected chi connectivity index (χ3v) is 5.00. The zero-order valence-corrected chi connectivity index (χ0v) is 19.2. The Bertz CT molecular complexity index is 1070. The molecule has 174 valence electrons. The Morgan fingerprint density at radius 1 is 1.06 bits per heavy atom. The number of nitrogens with one attached hydrogen (secondary N) is 2. The molecule has 1 aliphatic rings. The Hall–Kier alpha value is -3.88. The van der Waals surface area contributed by atoms with E-state index in [1.165, 1.54) is 5.01 Å². The summed E-state index contributed by atoms with van der Waals surface area (Å²) in [6.07, 6.45) is -0.533. The lowest BCUT2D eigenvalue weighted by molar-refractivity contribution is -0.131. The van der Waals surface area contributed by atoms with Gasteiger partial charge in [-0.2, -0.15) is 5.10 Å². The van der Waals surface area contributed by atoms with E-state index in [-0.39, 0.29) is 24.5 Å². The number of carbonyl (C=O) groups is 3. The maximum atomic E-state index is 12.6. The molecule has 1 aliphatic heterocycles. The van der Waals surface area contributed by atoms with Gasteiger partial charge in [-0.3, -0.25) is 25.2 Å². The number of anilines is 1. The first-order chi connectivity index (χ1) is 15.8. The van der Waals surface area contributed by atoms with Gasteiger partial charge in [0.15, 0.2) is 6.10 Å². The van der Waals surface area contributed by atoms with Gasteiger partial charge in [0.1, 0.15) is 17.2 Å². The summed E-state index contributed by atoms with van der Waals surface area (Å²) in [5, 5.41) is 5.49. The summed E-state index contributed by atoms with van der Waals surface area (Å²) in [6, 6.07) is 12.6. The van der Waals surface area contributed by atoms with Crippen molar-refractivity contribution in [2.75, 3.05) is 11.6 Å². The standard InChI is InChI=1S/C24H28N4O5/c1-5-32-18-8-10-19(11-9-18)33-17(4)23(30)25-26-24(31)20-12-13-22(29)28(27-20)21-14-15(2)6-7-16(21)3/h6-11,14,17H,5,12-13H2,1-4H3,(H,25,30)(H,26,31). The molecule has 2 N–H and O–H groups in total. The van der Waals surface area contributed by atoms with Gasteiger partial charge in [-0.05, 0) is 69.2 Å². The summed E-state index contributed by atoms with van der Waals surface area (Å²) < 4.78 is 11.0. The van der Waals surface area contributed by atoms with E-state index >= 15 is 0 Å². The van der Waals surface area contributed by atoms with Crippen LogP contribution >= 0.6 is 0 Å². The van der Waals surface area contributed by atoms with E-state index in [1.54, 1.807) is 31.2 Å². The van der Waals surface area contributed by atoms with Crippen molar-refractivity contribution in [2.24, 2.45) is 5.10 Å². The van der Waals surface area contributed by atoms with Crippen LogP contribution in [-0.2, 0) is 14.4 Å². The molecule has 0 spiro atoms. The fourth-order valence-electron chi connectivity index (χ4n) is 3.18. The minimum Gasteiger partial charge on any atom is -0.494 e. The molecule has 2 aromatic rings. The van der Waals surface area contributed by atoms with Crippen molar-refractivity contribution in [3.63, 3.8) is 0 Å². The van der Waals surface area contributed by atoms with Crippen molar-refractivity contribution in [2.45, 2.75) is 46.6 Å². The van der Waals surface area contributed by atoms with Gasteiger partial charge in [-0.1, -0.05) is 12.1 Å². The van der Waals surface area contributed by atoms with Gasteiger partial charge in [0, 0.05) is 12.8 Å². The zero-order valence-electron chi connectivity index (χ0n) is 19.2. The molecule has 0 radical (unpaired) electrons. The molecule has 0 saturated carbocycles. The Labute approximate surface area is 192 Å². The zero-order chi connectivity index (χ0) is 24.0. The summed E-state index contributed by atoms with van der Waals surface area (Å²) in [7, 11) is 0. The molecule has 0 saturated heterocycles. The van der Waals surface area contributed by atoms with Crippen LogP contribution in [0.5, 0.6) is 11.5 Å². The van der Waals surface area contributed by atoms with E-state index < -0.39 is 17.9 Å². The maximum absolute atomic E-state index is 12.6. The minimum absolute atomic E-state index is 0.144. The Morgan fingerprint density at radius 2 is 1.76 bits per heavy atom. The minimum atomic E-state index is -0.857. The summed E-state index contributed by atoms with van der Waals surface area (Å²) >= 11 is 0.